The molecule has 2 N–H and O–H groups in total. The van der Waals surface area contributed by atoms with Crippen molar-refractivity contribution in [2.45, 2.75) is 0 Å². The van der Waals surface area contributed by atoms with Gasteiger partial charge in [0, 0.05) is 0 Å². The van der Waals surface area contributed by atoms with Gasteiger partial charge in [0.05, 0.1) is 0 Å². The first-order valence-electron chi connectivity index (χ1n) is 3.17. The van der Waals surface area contributed by atoms with Gasteiger partial charge >= 0.3 is 73.8 Å². The third-order valence-electron chi connectivity index (χ3n) is 1.54. The summed E-state index contributed by atoms with van der Waals surface area (Å²) in [5.41, 5.74) is 0.277. The third-order valence-corrected chi connectivity index (χ3v) is 5.01. The number of fused-ring (bicyclic) bond motifs is 1. The molecule has 12 heavy (non-hydrogen) atoms. The zero-order chi connectivity index (χ0) is 8.77. The van der Waals surface area contributed by atoms with Crippen molar-refractivity contribution in [3.8, 4) is 0 Å². The first-order chi connectivity index (χ1) is 5.61. The van der Waals surface area contributed by atoms with Gasteiger partial charge in [-0.25, -0.2) is 0 Å². The average Bonchev–Trinajstić information content (AvgIpc) is 2.25. The van der Waals surface area contributed by atoms with Crippen LogP contribution in [0.2, 0.25) is 0 Å². The molecule has 1 aromatic rings. The Labute approximate surface area is 73.9 Å². The molecule has 0 atom stereocenters. The van der Waals surface area contributed by atoms with Crippen LogP contribution in [0.5, 0.6) is 0 Å². The average molecular weight is 281 g/mol. The van der Waals surface area contributed by atoms with Crippen LogP contribution >= 0.6 is 19.7 Å². The molecule has 1 aromatic carbocycles. The molecule has 1 aliphatic heterocycles. The molecule has 0 aromatic heterocycles. The molecule has 4 nitrogen and oxygen atoms in total. The standard InChI is InChI=1S/C7H6IO4/c9-7-5-3-1-2-4-6(5)8(10,11)12-7/h1-4,10-11H. The predicted molar refractivity (Wildman–Crippen MR) is 49.0 cm³/mol. The Morgan fingerprint density at radius 3 is 2.58 bits per heavy atom. The number of carbonyl (C=O) groups excluding carboxylic acids is 1. The molecule has 0 unspecified atom stereocenters. The van der Waals surface area contributed by atoms with Crippen molar-refractivity contribution in [1.82, 2.24) is 0 Å². The summed E-state index contributed by atoms with van der Waals surface area (Å²) in [4.78, 5) is 11.0. The Morgan fingerprint density at radius 1 is 1.25 bits per heavy atom. The normalized spacial score (nSPS) is 21.3. The molecule has 65 valence electrons. The quantitative estimate of drug-likeness (QED) is 0.690. The molecule has 0 saturated heterocycles. The maximum atomic E-state index is 11.0. The fourth-order valence-corrected chi connectivity index (χ4v) is 3.89. The van der Waals surface area contributed by atoms with Crippen molar-refractivity contribution in [3.63, 3.8) is 0 Å². The number of halogens is 1. The van der Waals surface area contributed by atoms with Crippen LogP contribution in [0.3, 0.4) is 0 Å². The van der Waals surface area contributed by atoms with Gasteiger partial charge in [0.25, 0.3) is 0 Å². The van der Waals surface area contributed by atoms with E-state index in [1.54, 1.807) is 12.1 Å². The molecular formula is C7H6IO4. The van der Waals surface area contributed by atoms with Crippen LogP contribution in [0.1, 0.15) is 10.4 Å². The van der Waals surface area contributed by atoms with Gasteiger partial charge in [-0.2, -0.15) is 0 Å². The van der Waals surface area contributed by atoms with E-state index in [1.165, 1.54) is 12.1 Å². The number of hydrogen-bond donors (Lipinski definition) is 2. The molecule has 1 heterocycles. The molecule has 0 bridgehead atoms. The second kappa shape index (κ2) is 2.41. The van der Waals surface area contributed by atoms with Crippen molar-refractivity contribution in [3.05, 3.63) is 33.4 Å². The molecular weight excluding hydrogens is 275 g/mol. The molecule has 5 heteroatoms. The van der Waals surface area contributed by atoms with E-state index in [4.69, 9.17) is 0 Å². The topological polar surface area (TPSA) is 66.8 Å². The van der Waals surface area contributed by atoms with Crippen molar-refractivity contribution < 1.29 is 14.7 Å². The summed E-state index contributed by atoms with van der Waals surface area (Å²) < 4.78 is 23.4. The van der Waals surface area contributed by atoms with Gasteiger partial charge in [-0.15, -0.1) is 0 Å². The summed E-state index contributed by atoms with van der Waals surface area (Å²) in [5.74, 6) is -0.632. The predicted octanol–water partition coefficient (Wildman–Crippen LogP) is 0.798. The summed E-state index contributed by atoms with van der Waals surface area (Å²) >= 11 is -4.29. The van der Waals surface area contributed by atoms with E-state index in [-0.39, 0.29) is 9.13 Å². The first kappa shape index (κ1) is 7.96. The van der Waals surface area contributed by atoms with E-state index in [9.17, 15) is 11.7 Å². The molecule has 0 aliphatic carbocycles. The Bertz CT molecular complexity index is 347. The zero-order valence-electron chi connectivity index (χ0n) is 5.90. The molecule has 0 saturated carbocycles. The Kier molecular flexibility index (Phi) is 1.60. The van der Waals surface area contributed by atoms with E-state index in [2.05, 4.69) is 3.07 Å². The van der Waals surface area contributed by atoms with Gasteiger partial charge in [0.1, 0.15) is 0 Å². The van der Waals surface area contributed by atoms with E-state index in [1.807, 2.05) is 0 Å². The number of carbonyl (C=O) groups is 1. The molecule has 0 amide bonds. The second-order valence-electron chi connectivity index (χ2n) is 2.30. The van der Waals surface area contributed by atoms with Gasteiger partial charge in [0.2, 0.25) is 0 Å². The number of benzene rings is 1. The van der Waals surface area contributed by atoms with E-state index in [0.29, 0.717) is 0 Å². The van der Waals surface area contributed by atoms with Gasteiger partial charge in [-0.1, -0.05) is 0 Å². The minimum absolute atomic E-state index is 0.273. The molecule has 2 rings (SSSR count). The summed E-state index contributed by atoms with van der Waals surface area (Å²) in [6.45, 7) is 0. The van der Waals surface area contributed by atoms with Gasteiger partial charge in [-0.3, -0.25) is 0 Å². The van der Waals surface area contributed by atoms with Crippen molar-refractivity contribution >= 4 is 25.6 Å². The maximum absolute atomic E-state index is 11.0. The third kappa shape index (κ3) is 1.01. The Hall–Kier alpha value is -0.660. The van der Waals surface area contributed by atoms with Crippen LogP contribution in [-0.2, 0) is 3.07 Å². The number of hydrogen-bond acceptors (Lipinski definition) is 4. The van der Waals surface area contributed by atoms with Crippen molar-refractivity contribution in [2.24, 2.45) is 0 Å². The van der Waals surface area contributed by atoms with Crippen molar-refractivity contribution in [1.29, 1.82) is 0 Å². The van der Waals surface area contributed by atoms with Crippen LogP contribution < -0.4 is 0 Å². The van der Waals surface area contributed by atoms with E-state index in [0.717, 1.165) is 0 Å². The molecule has 1 radical (unpaired) electrons. The van der Waals surface area contributed by atoms with Crippen molar-refractivity contribution in [2.75, 3.05) is 0 Å². The number of rotatable bonds is 0. The fraction of sp³-hybridized carbons (Fsp3) is 0. The summed E-state index contributed by atoms with van der Waals surface area (Å²) in [6.07, 6.45) is 0. The molecule has 0 fully saturated rings. The SMILES string of the molecule is O=C1O[I](O)(O)c2ccccc21. The van der Waals surface area contributed by atoms with Gasteiger partial charge < -0.3 is 0 Å². The Balaban J connectivity index is 2.66. The van der Waals surface area contributed by atoms with Crippen LogP contribution in [0.15, 0.2) is 24.3 Å². The fourth-order valence-electron chi connectivity index (χ4n) is 1.02. The Morgan fingerprint density at radius 2 is 1.92 bits per heavy atom. The summed E-state index contributed by atoms with van der Waals surface area (Å²) in [7, 11) is 0. The van der Waals surface area contributed by atoms with Crippen LogP contribution in [-0.4, -0.2) is 12.8 Å². The zero-order valence-corrected chi connectivity index (χ0v) is 8.06. The summed E-state index contributed by atoms with van der Waals surface area (Å²) in [6, 6.07) is 6.33. The van der Waals surface area contributed by atoms with Gasteiger partial charge in [-0.05, 0) is 0 Å². The first-order valence-corrected chi connectivity index (χ1v) is 7.06. The summed E-state index contributed by atoms with van der Waals surface area (Å²) in [5, 5.41) is 0. The van der Waals surface area contributed by atoms with Crippen LogP contribution in [0, 0.1) is 3.57 Å². The van der Waals surface area contributed by atoms with E-state index >= 15 is 0 Å². The molecule has 0 spiro atoms. The van der Waals surface area contributed by atoms with Crippen LogP contribution in [0.25, 0.3) is 0 Å². The monoisotopic (exact) mass is 281 g/mol. The second-order valence-corrected chi connectivity index (χ2v) is 6.53. The minimum atomic E-state index is -4.29. The van der Waals surface area contributed by atoms with Crippen LogP contribution in [0.4, 0.5) is 0 Å². The molecule has 1 aliphatic rings. The van der Waals surface area contributed by atoms with Gasteiger partial charge in [0.15, 0.2) is 0 Å². The van der Waals surface area contributed by atoms with E-state index < -0.39 is 25.6 Å².